The second-order valence-corrected chi connectivity index (χ2v) is 9.54. The van der Waals surface area contributed by atoms with Crippen LogP contribution in [0.25, 0.3) is 11.3 Å². The molecule has 2 saturated heterocycles. The van der Waals surface area contributed by atoms with Crippen LogP contribution in [0.3, 0.4) is 0 Å². The van der Waals surface area contributed by atoms with E-state index in [0.29, 0.717) is 35.9 Å². The van der Waals surface area contributed by atoms with Gasteiger partial charge in [-0.3, -0.25) is 0 Å². The average Bonchev–Trinajstić information content (AvgIpc) is 3.55. The maximum absolute atomic E-state index is 14.5. The molecule has 2 bridgehead atoms. The first kappa shape index (κ1) is 21.3. The van der Waals surface area contributed by atoms with E-state index in [1.807, 2.05) is 0 Å². The van der Waals surface area contributed by atoms with E-state index in [0.717, 1.165) is 55.7 Å². The summed E-state index contributed by atoms with van der Waals surface area (Å²) in [7, 11) is 0. The second-order valence-electron chi connectivity index (χ2n) is 9.54. The van der Waals surface area contributed by atoms with E-state index >= 15 is 0 Å². The summed E-state index contributed by atoms with van der Waals surface area (Å²) in [4.78, 5) is 17.9. The molecule has 34 heavy (non-hydrogen) atoms. The molecule has 7 nitrogen and oxygen atoms in total. The maximum atomic E-state index is 14.5. The number of hydrogen-bond donors (Lipinski definition) is 1. The third kappa shape index (κ3) is 3.86. The predicted octanol–water partition coefficient (Wildman–Crippen LogP) is 5.17. The van der Waals surface area contributed by atoms with Crippen LogP contribution in [0.15, 0.2) is 47.1 Å². The van der Waals surface area contributed by atoms with Crippen LogP contribution in [-0.2, 0) is 11.3 Å². The van der Waals surface area contributed by atoms with Gasteiger partial charge in [0.05, 0.1) is 18.3 Å². The molecule has 2 aliphatic heterocycles. The number of carbonyl (C=O) groups is 1. The fourth-order valence-electron chi connectivity index (χ4n) is 5.50. The van der Waals surface area contributed by atoms with Crippen molar-refractivity contribution in [2.24, 2.45) is 0 Å². The van der Waals surface area contributed by atoms with E-state index in [2.05, 4.69) is 15.0 Å². The Balaban J connectivity index is 1.18. The zero-order valence-corrected chi connectivity index (χ0v) is 18.7. The van der Waals surface area contributed by atoms with Gasteiger partial charge in [-0.25, -0.2) is 14.2 Å². The molecular weight excluding hydrogens is 437 g/mol. The van der Waals surface area contributed by atoms with Gasteiger partial charge in [0.2, 0.25) is 0 Å². The smallest absolute Gasteiger partial charge is 0.337 e. The lowest BCUT2D eigenvalue weighted by molar-refractivity contribution is 0.0146. The van der Waals surface area contributed by atoms with Crippen LogP contribution >= 0.6 is 0 Å². The maximum Gasteiger partial charge on any atom is 0.337 e. The molecule has 3 atom stereocenters. The molecule has 3 aliphatic rings. The summed E-state index contributed by atoms with van der Waals surface area (Å²) in [6.45, 7) is 0.356. The molecule has 1 aromatic carbocycles. The number of ether oxygens (including phenoxy) is 1. The van der Waals surface area contributed by atoms with Crippen LogP contribution < -0.4 is 4.90 Å². The molecule has 176 valence electrons. The minimum Gasteiger partial charge on any atom is -0.478 e. The zero-order chi connectivity index (χ0) is 23.2. The third-order valence-corrected chi connectivity index (χ3v) is 7.31. The number of nitrogens with zero attached hydrogens (tertiary/aromatic N) is 3. The van der Waals surface area contributed by atoms with E-state index in [4.69, 9.17) is 14.4 Å². The highest BCUT2D eigenvalue weighted by molar-refractivity contribution is 5.87. The number of benzene rings is 1. The number of fused-ring (bicyclic) bond motifs is 2. The third-order valence-electron chi connectivity index (χ3n) is 7.31. The molecule has 4 heterocycles. The van der Waals surface area contributed by atoms with Gasteiger partial charge < -0.3 is 19.3 Å². The number of rotatable bonds is 7. The highest BCUT2D eigenvalue weighted by Crippen LogP contribution is 2.45. The summed E-state index contributed by atoms with van der Waals surface area (Å²) in [5.74, 6) is 0.731. The molecule has 6 rings (SSSR count). The molecule has 2 aromatic heterocycles. The topological polar surface area (TPSA) is 88.7 Å². The standard InChI is InChI=1S/C26H26FN3O4/c27-22-4-2-1-3-20(22)24-21(25(34-29-24)15-5-6-15)14-33-19-11-17-8-9-18(12-19)30(17)23-10-7-16(13-28-23)26(31)32/h1-4,7,10,13,15,17-19H,5-6,8-9,11-12,14H2,(H,31,32)/t17-,18+,19?. The van der Waals surface area contributed by atoms with Crippen molar-refractivity contribution in [2.45, 2.75) is 69.2 Å². The summed E-state index contributed by atoms with van der Waals surface area (Å²) in [6, 6.07) is 10.7. The molecule has 3 fully saturated rings. The summed E-state index contributed by atoms with van der Waals surface area (Å²) in [5.41, 5.74) is 2.05. The van der Waals surface area contributed by atoms with Crippen molar-refractivity contribution < 1.29 is 23.6 Å². The lowest BCUT2D eigenvalue weighted by atomic mass is 9.99. The molecule has 1 N–H and O–H groups in total. The minimum atomic E-state index is -0.969. The number of aromatic carboxylic acids is 1. The number of carboxylic acid groups (broad SMARTS) is 1. The van der Waals surface area contributed by atoms with E-state index in [1.165, 1.54) is 12.3 Å². The van der Waals surface area contributed by atoms with Gasteiger partial charge in [0.1, 0.15) is 23.1 Å². The van der Waals surface area contributed by atoms with Crippen molar-refractivity contribution in [3.63, 3.8) is 0 Å². The van der Waals surface area contributed by atoms with Crippen molar-refractivity contribution in [2.75, 3.05) is 4.90 Å². The fourth-order valence-corrected chi connectivity index (χ4v) is 5.50. The molecule has 0 amide bonds. The number of carboxylic acids is 1. The van der Waals surface area contributed by atoms with Gasteiger partial charge in [-0.1, -0.05) is 17.3 Å². The van der Waals surface area contributed by atoms with Crippen LogP contribution in [0, 0.1) is 5.82 Å². The molecule has 1 unspecified atom stereocenters. The lowest BCUT2D eigenvalue weighted by Gasteiger charge is -2.39. The van der Waals surface area contributed by atoms with Gasteiger partial charge in [0.25, 0.3) is 0 Å². The Bertz CT molecular complexity index is 1190. The van der Waals surface area contributed by atoms with E-state index in [9.17, 15) is 9.18 Å². The monoisotopic (exact) mass is 463 g/mol. The summed E-state index contributed by atoms with van der Waals surface area (Å²) in [5, 5.41) is 13.4. The van der Waals surface area contributed by atoms with Crippen LogP contribution in [-0.4, -0.2) is 39.4 Å². The Morgan fingerprint density at radius 2 is 1.88 bits per heavy atom. The zero-order valence-electron chi connectivity index (χ0n) is 18.7. The SMILES string of the molecule is O=C(O)c1ccc(N2[C@@H]3CC[C@H]2CC(OCc2c(-c4ccccc4F)noc2C2CC2)C3)nc1. The Kier molecular flexibility index (Phi) is 5.32. The van der Waals surface area contributed by atoms with Gasteiger partial charge in [-0.2, -0.15) is 0 Å². The quantitative estimate of drug-likeness (QED) is 0.517. The Morgan fingerprint density at radius 1 is 1.12 bits per heavy atom. The van der Waals surface area contributed by atoms with Gasteiger partial charge in [-0.15, -0.1) is 0 Å². The van der Waals surface area contributed by atoms with Crippen LogP contribution in [0.5, 0.6) is 0 Å². The predicted molar refractivity (Wildman–Crippen MR) is 122 cm³/mol. The lowest BCUT2D eigenvalue weighted by Crippen LogP contribution is -2.46. The normalized spacial score (nSPS) is 23.9. The van der Waals surface area contributed by atoms with E-state index in [1.54, 1.807) is 30.3 Å². The van der Waals surface area contributed by atoms with Crippen LogP contribution in [0.2, 0.25) is 0 Å². The molecule has 8 heteroatoms. The Hall–Kier alpha value is -3.26. The molecule has 0 radical (unpaired) electrons. The number of piperidine rings is 1. The van der Waals surface area contributed by atoms with Gasteiger partial charge >= 0.3 is 5.97 Å². The first-order valence-electron chi connectivity index (χ1n) is 11.9. The molecule has 1 saturated carbocycles. The van der Waals surface area contributed by atoms with Crippen molar-refractivity contribution in [1.82, 2.24) is 10.1 Å². The first-order valence-corrected chi connectivity index (χ1v) is 11.9. The highest BCUT2D eigenvalue weighted by atomic mass is 19.1. The number of halogens is 1. The first-order chi connectivity index (χ1) is 16.6. The highest BCUT2D eigenvalue weighted by Gasteiger charge is 2.42. The molecule has 1 aliphatic carbocycles. The summed E-state index contributed by atoms with van der Waals surface area (Å²) >= 11 is 0. The molecule has 3 aromatic rings. The van der Waals surface area contributed by atoms with Crippen LogP contribution in [0.1, 0.15) is 66.1 Å². The largest absolute Gasteiger partial charge is 0.478 e. The molecular formula is C26H26FN3O4. The fraction of sp³-hybridized carbons (Fsp3) is 0.423. The number of aromatic nitrogens is 2. The summed E-state index contributed by atoms with van der Waals surface area (Å²) in [6.07, 6.45) is 7.51. The minimum absolute atomic E-state index is 0.0856. The van der Waals surface area contributed by atoms with Crippen molar-refractivity contribution >= 4 is 11.8 Å². The number of hydrogen-bond acceptors (Lipinski definition) is 6. The average molecular weight is 464 g/mol. The van der Waals surface area contributed by atoms with Gasteiger partial charge in [0.15, 0.2) is 0 Å². The van der Waals surface area contributed by atoms with Crippen molar-refractivity contribution in [3.8, 4) is 11.3 Å². The van der Waals surface area contributed by atoms with Crippen LogP contribution in [0.4, 0.5) is 10.2 Å². The summed E-state index contributed by atoms with van der Waals surface area (Å²) < 4.78 is 26.6. The Labute approximate surface area is 196 Å². The van der Waals surface area contributed by atoms with Gasteiger partial charge in [-0.05, 0) is 62.8 Å². The second kappa shape index (κ2) is 8.51. The number of anilines is 1. The Morgan fingerprint density at radius 3 is 2.53 bits per heavy atom. The number of pyridine rings is 1. The van der Waals surface area contributed by atoms with Gasteiger partial charge in [0, 0.05) is 35.3 Å². The van der Waals surface area contributed by atoms with Crippen molar-refractivity contribution in [1.29, 1.82) is 0 Å². The molecule has 0 spiro atoms. The van der Waals surface area contributed by atoms with Crippen molar-refractivity contribution in [3.05, 3.63) is 65.3 Å². The van der Waals surface area contributed by atoms with E-state index in [-0.39, 0.29) is 17.5 Å². The van der Waals surface area contributed by atoms with E-state index < -0.39 is 5.97 Å².